The van der Waals surface area contributed by atoms with E-state index >= 15 is 0 Å². The minimum Gasteiger partial charge on any atom is -0.379 e. The molecule has 0 spiro atoms. The van der Waals surface area contributed by atoms with Gasteiger partial charge in [-0.2, -0.15) is 17.7 Å². The van der Waals surface area contributed by atoms with Gasteiger partial charge in [-0.1, -0.05) is 0 Å². The van der Waals surface area contributed by atoms with Crippen LogP contribution in [-0.4, -0.2) is 58.1 Å². The lowest BCUT2D eigenvalue weighted by Gasteiger charge is -2.32. The van der Waals surface area contributed by atoms with E-state index in [0.717, 1.165) is 6.42 Å². The number of aromatic nitrogens is 4. The summed E-state index contributed by atoms with van der Waals surface area (Å²) in [4.78, 5) is 14.2. The van der Waals surface area contributed by atoms with E-state index in [2.05, 4.69) is 20.6 Å². The maximum atomic E-state index is 13.0. The number of hydrogen-bond acceptors (Lipinski definition) is 6. The fraction of sp³-hybridized carbons (Fsp3) is 0.667. The van der Waals surface area contributed by atoms with Crippen LogP contribution < -0.4 is 10.2 Å². The highest BCUT2D eigenvalue weighted by Gasteiger charge is 2.38. The minimum absolute atomic E-state index is 0.00998. The predicted molar refractivity (Wildman–Crippen MR) is 99.4 cm³/mol. The number of ether oxygens (including phenoxy) is 1. The number of hydrogen-bond donors (Lipinski definition) is 1. The summed E-state index contributed by atoms with van der Waals surface area (Å²) in [5, 5.41) is 13.7. The van der Waals surface area contributed by atoms with E-state index in [4.69, 9.17) is 4.74 Å². The molecule has 0 bridgehead atoms. The summed E-state index contributed by atoms with van der Waals surface area (Å²) >= 11 is 0. The van der Waals surface area contributed by atoms with Crippen LogP contribution in [0.15, 0.2) is 12.1 Å². The van der Waals surface area contributed by atoms with Crippen LogP contribution in [0.2, 0.25) is 0 Å². The molecule has 2 aromatic rings. The quantitative estimate of drug-likeness (QED) is 0.700. The normalized spacial score (nSPS) is 16.0. The zero-order valence-corrected chi connectivity index (χ0v) is 16.4. The van der Waals surface area contributed by atoms with Gasteiger partial charge in [-0.05, 0) is 45.2 Å². The van der Waals surface area contributed by atoms with Crippen molar-refractivity contribution in [2.75, 3.05) is 31.1 Å². The van der Waals surface area contributed by atoms with E-state index in [-0.39, 0.29) is 23.6 Å². The molecule has 1 amide bonds. The highest BCUT2D eigenvalue weighted by molar-refractivity contribution is 5.78. The van der Waals surface area contributed by atoms with Gasteiger partial charge in [0.15, 0.2) is 5.65 Å². The van der Waals surface area contributed by atoms with Gasteiger partial charge in [-0.3, -0.25) is 4.79 Å². The number of nitrogens with zero attached hydrogens (tertiary/aromatic N) is 5. The van der Waals surface area contributed by atoms with Crippen LogP contribution >= 0.6 is 0 Å². The molecule has 0 aliphatic carbocycles. The Hall–Kier alpha value is -2.43. The van der Waals surface area contributed by atoms with Crippen molar-refractivity contribution in [3.8, 4) is 0 Å². The molecule has 2 aromatic heterocycles. The Labute approximate surface area is 166 Å². The van der Waals surface area contributed by atoms with E-state index < -0.39 is 12.0 Å². The Bertz CT molecular complexity index is 831. The number of carbonyl (C=O) groups is 1. The van der Waals surface area contributed by atoms with Gasteiger partial charge in [0.25, 0.3) is 5.82 Å². The van der Waals surface area contributed by atoms with Crippen molar-refractivity contribution in [1.82, 2.24) is 25.1 Å². The average Bonchev–Trinajstić information content (AvgIpc) is 3.11. The highest BCUT2D eigenvalue weighted by atomic mass is 19.4. The van der Waals surface area contributed by atoms with Crippen molar-refractivity contribution in [2.24, 2.45) is 5.92 Å². The number of carbonyl (C=O) groups excluding carboxylic acids is 1. The second-order valence-corrected chi connectivity index (χ2v) is 7.31. The van der Waals surface area contributed by atoms with Crippen molar-refractivity contribution in [3.63, 3.8) is 0 Å². The van der Waals surface area contributed by atoms with Crippen molar-refractivity contribution in [3.05, 3.63) is 18.0 Å². The van der Waals surface area contributed by atoms with Crippen LogP contribution in [0.25, 0.3) is 5.65 Å². The highest BCUT2D eigenvalue weighted by Crippen LogP contribution is 2.28. The molecule has 1 aliphatic heterocycles. The minimum atomic E-state index is -4.63. The topological polar surface area (TPSA) is 84.6 Å². The molecule has 0 unspecified atom stereocenters. The maximum Gasteiger partial charge on any atom is 0.453 e. The SMILES string of the molecule is CC(C)OCCCNC(=O)C1CCN(c2ccc3nnc(C(F)(F)F)n3n2)CC1. The van der Waals surface area contributed by atoms with Crippen molar-refractivity contribution < 1.29 is 22.7 Å². The third-order valence-corrected chi connectivity index (χ3v) is 4.76. The van der Waals surface area contributed by atoms with Gasteiger partial charge in [-0.25, -0.2) is 0 Å². The number of nitrogens with one attached hydrogen (secondary N) is 1. The summed E-state index contributed by atoms with van der Waals surface area (Å²) in [6, 6.07) is 3.09. The zero-order valence-electron chi connectivity index (χ0n) is 16.4. The van der Waals surface area contributed by atoms with E-state index in [1.165, 1.54) is 6.07 Å². The monoisotopic (exact) mass is 414 g/mol. The van der Waals surface area contributed by atoms with Crippen LogP contribution in [0.5, 0.6) is 0 Å². The molecule has 0 saturated carbocycles. The molecule has 0 radical (unpaired) electrons. The molecule has 8 nitrogen and oxygen atoms in total. The fourth-order valence-electron chi connectivity index (χ4n) is 3.24. The molecular weight excluding hydrogens is 389 g/mol. The van der Waals surface area contributed by atoms with Crippen LogP contribution in [0.3, 0.4) is 0 Å². The summed E-state index contributed by atoms with van der Waals surface area (Å²) in [6.07, 6.45) is -2.47. The molecule has 11 heteroatoms. The first-order valence-electron chi connectivity index (χ1n) is 9.69. The molecule has 3 rings (SSSR count). The number of fused-ring (bicyclic) bond motifs is 1. The summed E-state index contributed by atoms with van der Waals surface area (Å²) in [7, 11) is 0. The number of halogens is 3. The Kier molecular flexibility index (Phi) is 6.56. The number of alkyl halides is 3. The molecule has 29 heavy (non-hydrogen) atoms. The van der Waals surface area contributed by atoms with Crippen LogP contribution in [0.1, 0.15) is 38.9 Å². The molecule has 1 N–H and O–H groups in total. The molecule has 3 heterocycles. The number of amides is 1. The smallest absolute Gasteiger partial charge is 0.379 e. The molecule has 0 aromatic carbocycles. The second kappa shape index (κ2) is 8.93. The zero-order chi connectivity index (χ0) is 21.0. The van der Waals surface area contributed by atoms with Gasteiger partial charge in [0.2, 0.25) is 5.91 Å². The van der Waals surface area contributed by atoms with Crippen LogP contribution in [0.4, 0.5) is 19.0 Å². The number of rotatable bonds is 7. The summed E-state index contributed by atoms with van der Waals surface area (Å²) < 4.78 is 45.2. The first-order valence-corrected chi connectivity index (χ1v) is 9.69. The summed E-state index contributed by atoms with van der Waals surface area (Å²) in [5.41, 5.74) is 0.0387. The van der Waals surface area contributed by atoms with Gasteiger partial charge in [0.05, 0.1) is 6.10 Å². The lowest BCUT2D eigenvalue weighted by molar-refractivity contribution is -0.146. The molecule has 1 saturated heterocycles. The summed E-state index contributed by atoms with van der Waals surface area (Å²) in [5.74, 6) is -0.838. The third-order valence-electron chi connectivity index (χ3n) is 4.76. The second-order valence-electron chi connectivity index (χ2n) is 7.31. The van der Waals surface area contributed by atoms with Gasteiger partial charge in [0, 0.05) is 32.2 Å². The first kappa shape index (κ1) is 21.3. The van der Waals surface area contributed by atoms with E-state index in [9.17, 15) is 18.0 Å². The molecular formula is C18H25F3N6O2. The lowest BCUT2D eigenvalue weighted by atomic mass is 9.96. The van der Waals surface area contributed by atoms with Gasteiger partial charge in [0.1, 0.15) is 5.82 Å². The molecule has 0 atom stereocenters. The Balaban J connectivity index is 1.53. The third kappa shape index (κ3) is 5.34. The Morgan fingerprint density at radius 2 is 2.00 bits per heavy atom. The largest absolute Gasteiger partial charge is 0.453 e. The molecule has 160 valence electrons. The van der Waals surface area contributed by atoms with E-state index in [1.54, 1.807) is 6.07 Å². The fourth-order valence-corrected chi connectivity index (χ4v) is 3.24. The van der Waals surface area contributed by atoms with Crippen molar-refractivity contribution in [1.29, 1.82) is 0 Å². The van der Waals surface area contributed by atoms with E-state index in [1.807, 2.05) is 18.7 Å². The van der Waals surface area contributed by atoms with Gasteiger partial charge in [-0.15, -0.1) is 15.3 Å². The van der Waals surface area contributed by atoms with Crippen molar-refractivity contribution in [2.45, 2.75) is 45.4 Å². The number of piperidine rings is 1. The average molecular weight is 414 g/mol. The van der Waals surface area contributed by atoms with Crippen LogP contribution in [-0.2, 0) is 15.7 Å². The molecule has 1 aliphatic rings. The standard InChI is InChI=1S/C18H25F3N6O2/c1-12(2)29-11-3-8-22-16(28)13-6-9-26(10-7-13)15-5-4-14-23-24-17(18(19,20)21)27(14)25-15/h4-5,12-13H,3,6-11H2,1-2H3,(H,22,28). The predicted octanol–water partition coefficient (Wildman–Crippen LogP) is 2.29. The first-order chi connectivity index (χ1) is 13.8. The Morgan fingerprint density at radius 3 is 2.66 bits per heavy atom. The molecule has 1 fully saturated rings. The number of anilines is 1. The summed E-state index contributed by atoms with van der Waals surface area (Å²) in [6.45, 7) is 6.18. The van der Waals surface area contributed by atoms with E-state index in [0.29, 0.717) is 49.4 Å². The van der Waals surface area contributed by atoms with Crippen LogP contribution in [0, 0.1) is 5.92 Å². The maximum absolute atomic E-state index is 13.0. The van der Waals surface area contributed by atoms with Gasteiger partial charge >= 0.3 is 6.18 Å². The van der Waals surface area contributed by atoms with Crippen molar-refractivity contribution >= 4 is 17.4 Å². The Morgan fingerprint density at radius 1 is 1.28 bits per heavy atom. The lowest BCUT2D eigenvalue weighted by Crippen LogP contribution is -2.41. The van der Waals surface area contributed by atoms with Gasteiger partial charge < -0.3 is 15.0 Å².